The van der Waals surface area contributed by atoms with Gasteiger partial charge in [-0.3, -0.25) is 0 Å². The molecule has 0 amide bonds. The lowest BCUT2D eigenvalue weighted by Gasteiger charge is -2.17. The zero-order valence-corrected chi connectivity index (χ0v) is 20.4. The first kappa shape index (κ1) is 24.8. The molecule has 0 aliphatic rings. The van der Waals surface area contributed by atoms with Gasteiger partial charge in [-0.05, 0) is 108 Å². The molecule has 6 nitrogen and oxygen atoms in total. The van der Waals surface area contributed by atoms with Crippen LogP contribution in [0.3, 0.4) is 0 Å². The minimum Gasteiger partial charge on any atom is -0.504 e. The van der Waals surface area contributed by atoms with Crippen LogP contribution in [0.15, 0.2) is 72.8 Å². The summed E-state index contributed by atoms with van der Waals surface area (Å²) in [7, 11) is 3.25. The van der Waals surface area contributed by atoms with Gasteiger partial charge in [0.05, 0.1) is 14.2 Å². The van der Waals surface area contributed by atoms with E-state index in [1.807, 2.05) is 48.5 Å². The molecule has 0 saturated heterocycles. The largest absolute Gasteiger partial charge is 0.504 e. The van der Waals surface area contributed by atoms with Crippen molar-refractivity contribution in [1.82, 2.24) is 0 Å². The van der Waals surface area contributed by atoms with E-state index in [0.717, 1.165) is 33.8 Å². The summed E-state index contributed by atoms with van der Waals surface area (Å²) in [5, 5.41) is 41.2. The number of aromatic hydroxyl groups is 4. The molecule has 186 valence electrons. The highest BCUT2D eigenvalue weighted by molar-refractivity contribution is 5.76. The second-order valence-electron chi connectivity index (χ2n) is 8.70. The van der Waals surface area contributed by atoms with E-state index in [0.29, 0.717) is 36.8 Å². The van der Waals surface area contributed by atoms with Crippen LogP contribution < -0.4 is 9.47 Å². The summed E-state index contributed by atoms with van der Waals surface area (Å²) in [4.78, 5) is 0. The standard InChI is InChI=1S/C30H30O6/c1-35-23-7-3-5-19(13-23)9-11-21-15-27(31)29(33)17-25(21)26-18-30(34)28(32)16-22(26)12-10-20-6-4-8-24(14-20)36-2/h3-8,13-18,31-34H,9-12H2,1-2H3. The number of phenols is 4. The van der Waals surface area contributed by atoms with Gasteiger partial charge in [0, 0.05) is 0 Å². The molecule has 0 radical (unpaired) electrons. The molecule has 0 unspecified atom stereocenters. The van der Waals surface area contributed by atoms with Gasteiger partial charge in [0.25, 0.3) is 0 Å². The van der Waals surface area contributed by atoms with Crippen molar-refractivity contribution in [2.45, 2.75) is 25.7 Å². The second-order valence-corrected chi connectivity index (χ2v) is 8.70. The first-order chi connectivity index (χ1) is 17.4. The second kappa shape index (κ2) is 11.0. The van der Waals surface area contributed by atoms with E-state index >= 15 is 0 Å². The molecule has 0 aliphatic carbocycles. The van der Waals surface area contributed by atoms with Gasteiger partial charge in [-0.25, -0.2) is 0 Å². The average Bonchev–Trinajstić information content (AvgIpc) is 2.89. The van der Waals surface area contributed by atoms with Gasteiger partial charge in [0.15, 0.2) is 23.0 Å². The van der Waals surface area contributed by atoms with Gasteiger partial charge in [-0.1, -0.05) is 24.3 Å². The van der Waals surface area contributed by atoms with E-state index in [1.54, 1.807) is 26.4 Å². The lowest BCUT2D eigenvalue weighted by atomic mass is 9.89. The lowest BCUT2D eigenvalue weighted by molar-refractivity contribution is 0.402. The third-order valence-electron chi connectivity index (χ3n) is 6.33. The Hall–Kier alpha value is -4.32. The molecule has 0 atom stereocenters. The summed E-state index contributed by atoms with van der Waals surface area (Å²) >= 11 is 0. The van der Waals surface area contributed by atoms with Gasteiger partial charge in [0.1, 0.15) is 11.5 Å². The SMILES string of the molecule is COc1cccc(CCc2cc(O)c(O)cc2-c2cc(O)c(O)cc2CCc2cccc(OC)c2)c1. The van der Waals surface area contributed by atoms with Crippen LogP contribution in [0.25, 0.3) is 11.1 Å². The first-order valence-electron chi connectivity index (χ1n) is 11.7. The van der Waals surface area contributed by atoms with Gasteiger partial charge in [-0.2, -0.15) is 0 Å². The Morgan fingerprint density at radius 1 is 0.500 bits per heavy atom. The van der Waals surface area contributed by atoms with Crippen LogP contribution >= 0.6 is 0 Å². The maximum absolute atomic E-state index is 10.3. The van der Waals surface area contributed by atoms with E-state index in [-0.39, 0.29) is 23.0 Å². The fourth-order valence-corrected chi connectivity index (χ4v) is 4.37. The topological polar surface area (TPSA) is 99.4 Å². The van der Waals surface area contributed by atoms with Crippen molar-refractivity contribution in [2.24, 2.45) is 0 Å². The van der Waals surface area contributed by atoms with E-state index in [2.05, 4.69) is 0 Å². The van der Waals surface area contributed by atoms with Gasteiger partial charge in [0.2, 0.25) is 0 Å². The Morgan fingerprint density at radius 3 is 1.28 bits per heavy atom. The Balaban J connectivity index is 1.70. The quantitative estimate of drug-likeness (QED) is 0.224. The van der Waals surface area contributed by atoms with Crippen molar-refractivity contribution in [3.63, 3.8) is 0 Å². The number of phenolic OH excluding ortho intramolecular Hbond substituents is 4. The Morgan fingerprint density at radius 2 is 0.889 bits per heavy atom. The molecule has 4 rings (SSSR count). The van der Waals surface area contributed by atoms with Crippen LogP contribution in [0.5, 0.6) is 34.5 Å². The van der Waals surface area contributed by atoms with Gasteiger partial charge >= 0.3 is 0 Å². The van der Waals surface area contributed by atoms with E-state index in [9.17, 15) is 20.4 Å². The molecule has 0 bridgehead atoms. The van der Waals surface area contributed by atoms with Crippen LogP contribution in [-0.4, -0.2) is 34.6 Å². The number of aryl methyl sites for hydroxylation is 4. The van der Waals surface area contributed by atoms with E-state index < -0.39 is 0 Å². The maximum atomic E-state index is 10.3. The fourth-order valence-electron chi connectivity index (χ4n) is 4.37. The molecule has 36 heavy (non-hydrogen) atoms. The zero-order chi connectivity index (χ0) is 25.7. The predicted molar refractivity (Wildman–Crippen MR) is 139 cm³/mol. The molecule has 0 spiro atoms. The van der Waals surface area contributed by atoms with Crippen LogP contribution in [0, 0.1) is 0 Å². The monoisotopic (exact) mass is 486 g/mol. The van der Waals surface area contributed by atoms with Crippen molar-refractivity contribution in [3.05, 3.63) is 95.1 Å². The number of rotatable bonds is 9. The van der Waals surface area contributed by atoms with Crippen molar-refractivity contribution >= 4 is 0 Å². The first-order valence-corrected chi connectivity index (χ1v) is 11.7. The average molecular weight is 487 g/mol. The molecular formula is C30H30O6. The van der Waals surface area contributed by atoms with Gasteiger partial charge < -0.3 is 29.9 Å². The number of benzene rings is 4. The Kier molecular flexibility index (Phi) is 7.54. The highest BCUT2D eigenvalue weighted by Crippen LogP contribution is 2.40. The Bertz CT molecular complexity index is 1260. The molecule has 4 aromatic carbocycles. The minimum atomic E-state index is -0.249. The number of hydrogen-bond acceptors (Lipinski definition) is 6. The molecule has 4 aromatic rings. The summed E-state index contributed by atoms with van der Waals surface area (Å²) in [5.41, 5.74) is 5.12. The highest BCUT2D eigenvalue weighted by atomic mass is 16.5. The molecular weight excluding hydrogens is 456 g/mol. The predicted octanol–water partition coefficient (Wildman–Crippen LogP) is 5.76. The number of hydrogen-bond donors (Lipinski definition) is 4. The minimum absolute atomic E-state index is 0.208. The molecule has 0 aromatic heterocycles. The van der Waals surface area contributed by atoms with E-state index in [4.69, 9.17) is 9.47 Å². The third-order valence-corrected chi connectivity index (χ3v) is 6.33. The fraction of sp³-hybridized carbons (Fsp3) is 0.200. The number of ether oxygens (including phenoxy) is 2. The highest BCUT2D eigenvalue weighted by Gasteiger charge is 2.17. The molecule has 4 N–H and O–H groups in total. The zero-order valence-electron chi connectivity index (χ0n) is 20.4. The summed E-state index contributed by atoms with van der Waals surface area (Å²) in [5.74, 6) is 0.623. The summed E-state index contributed by atoms with van der Waals surface area (Å²) < 4.78 is 10.6. The van der Waals surface area contributed by atoms with Crippen LogP contribution in [-0.2, 0) is 25.7 Å². The van der Waals surface area contributed by atoms with Gasteiger partial charge in [-0.15, -0.1) is 0 Å². The maximum Gasteiger partial charge on any atom is 0.158 e. The Labute approximate surface area is 210 Å². The number of methoxy groups -OCH3 is 2. The van der Waals surface area contributed by atoms with Crippen LogP contribution in [0.2, 0.25) is 0 Å². The molecule has 0 heterocycles. The molecule has 6 heteroatoms. The van der Waals surface area contributed by atoms with Crippen molar-refractivity contribution in [2.75, 3.05) is 14.2 Å². The molecule has 0 aliphatic heterocycles. The summed E-state index contributed by atoms with van der Waals surface area (Å²) in [6.45, 7) is 0. The van der Waals surface area contributed by atoms with Crippen molar-refractivity contribution in [3.8, 4) is 45.6 Å². The van der Waals surface area contributed by atoms with Crippen molar-refractivity contribution < 1.29 is 29.9 Å². The van der Waals surface area contributed by atoms with Crippen molar-refractivity contribution in [1.29, 1.82) is 0 Å². The summed E-state index contributed by atoms with van der Waals surface area (Å²) in [6.07, 6.45) is 2.51. The molecule has 0 fully saturated rings. The van der Waals surface area contributed by atoms with Crippen LogP contribution in [0.1, 0.15) is 22.3 Å². The third kappa shape index (κ3) is 5.66. The summed E-state index contributed by atoms with van der Waals surface area (Å²) in [6, 6.07) is 21.7. The smallest absolute Gasteiger partial charge is 0.158 e. The normalized spacial score (nSPS) is 10.8. The lowest BCUT2D eigenvalue weighted by Crippen LogP contribution is -2.00. The van der Waals surface area contributed by atoms with E-state index in [1.165, 1.54) is 12.1 Å². The van der Waals surface area contributed by atoms with Crippen LogP contribution in [0.4, 0.5) is 0 Å². The molecule has 0 saturated carbocycles.